The summed E-state index contributed by atoms with van der Waals surface area (Å²) in [4.78, 5) is 16.0. The number of hydrogen-bond acceptors (Lipinski definition) is 4. The molecule has 180 valence electrons. The summed E-state index contributed by atoms with van der Waals surface area (Å²) in [5.41, 5.74) is 2.63. The van der Waals surface area contributed by atoms with Gasteiger partial charge in [0.05, 0.1) is 17.0 Å². The van der Waals surface area contributed by atoms with Crippen molar-refractivity contribution in [3.8, 4) is 17.1 Å². The summed E-state index contributed by atoms with van der Waals surface area (Å²) in [6.07, 6.45) is 7.73. The lowest BCUT2D eigenvalue weighted by Gasteiger charge is -2.21. The Labute approximate surface area is 203 Å². The number of aromatic nitrogens is 2. The molecule has 0 unspecified atom stereocenters. The molecular formula is C28H28FN3O3. The maximum atomic E-state index is 13.5. The second kappa shape index (κ2) is 10.3. The minimum absolute atomic E-state index is 0.00831. The molecule has 4 aromatic rings. The molecule has 1 heterocycles. The van der Waals surface area contributed by atoms with Crippen LogP contribution in [0.2, 0.25) is 0 Å². The summed E-state index contributed by atoms with van der Waals surface area (Å²) in [7, 11) is 0. The van der Waals surface area contributed by atoms with Gasteiger partial charge in [0.25, 0.3) is 5.69 Å². The van der Waals surface area contributed by atoms with E-state index in [0.29, 0.717) is 29.0 Å². The highest BCUT2D eigenvalue weighted by Gasteiger charge is 2.21. The molecule has 7 heteroatoms. The Bertz CT molecular complexity index is 1310. The summed E-state index contributed by atoms with van der Waals surface area (Å²) in [6, 6.07) is 18.7. The number of nitro benzene ring substituents is 1. The van der Waals surface area contributed by atoms with E-state index in [1.165, 1.54) is 50.3 Å². The molecule has 0 radical (unpaired) electrons. The molecule has 0 N–H and O–H groups in total. The van der Waals surface area contributed by atoms with E-state index in [1.807, 2.05) is 28.8 Å². The molecule has 0 saturated heterocycles. The Morgan fingerprint density at radius 3 is 2.46 bits per heavy atom. The van der Waals surface area contributed by atoms with E-state index in [-0.39, 0.29) is 11.5 Å². The quantitative estimate of drug-likeness (QED) is 0.201. The third-order valence-electron chi connectivity index (χ3n) is 6.83. The van der Waals surface area contributed by atoms with Gasteiger partial charge in [-0.1, -0.05) is 50.3 Å². The van der Waals surface area contributed by atoms with Crippen LogP contribution in [0.4, 0.5) is 10.1 Å². The number of hydrogen-bond donors (Lipinski definition) is 0. The molecule has 0 spiro atoms. The molecule has 35 heavy (non-hydrogen) atoms. The Balaban J connectivity index is 1.40. The van der Waals surface area contributed by atoms with Gasteiger partial charge in [-0.3, -0.25) is 10.1 Å². The van der Waals surface area contributed by atoms with Crippen molar-refractivity contribution in [3.63, 3.8) is 0 Å². The predicted molar refractivity (Wildman–Crippen MR) is 134 cm³/mol. The van der Waals surface area contributed by atoms with Crippen molar-refractivity contribution in [2.24, 2.45) is 5.92 Å². The van der Waals surface area contributed by atoms with Crippen LogP contribution >= 0.6 is 0 Å². The number of nitro groups is 1. The molecule has 0 aliphatic heterocycles. The number of nitrogens with zero attached hydrogens (tertiary/aromatic N) is 3. The standard InChI is InChI=1S/C28H28FN3O3/c29-23-13-11-22(12-14-23)28-30-25-7-4-8-26(32(33)34)27(25)31(28)19-21-9-15-24(16-10-21)35-18-17-20-5-2-1-3-6-20/h4,7-16,20H,1-3,5-6,17-19H2. The second-order valence-electron chi connectivity index (χ2n) is 9.22. The van der Waals surface area contributed by atoms with Crippen LogP contribution in [0.3, 0.4) is 0 Å². The van der Waals surface area contributed by atoms with E-state index in [0.717, 1.165) is 30.3 Å². The maximum absolute atomic E-state index is 13.5. The van der Waals surface area contributed by atoms with Crippen LogP contribution in [0.1, 0.15) is 44.1 Å². The number of benzene rings is 3. The van der Waals surface area contributed by atoms with Crippen LogP contribution < -0.4 is 4.74 Å². The zero-order valence-corrected chi connectivity index (χ0v) is 19.5. The summed E-state index contributed by atoms with van der Waals surface area (Å²) in [6.45, 7) is 1.10. The van der Waals surface area contributed by atoms with Crippen LogP contribution in [0.15, 0.2) is 66.7 Å². The van der Waals surface area contributed by atoms with Crippen LogP contribution in [0, 0.1) is 21.8 Å². The average Bonchev–Trinajstić information content (AvgIpc) is 3.24. The minimum Gasteiger partial charge on any atom is -0.494 e. The molecule has 6 nitrogen and oxygen atoms in total. The van der Waals surface area contributed by atoms with Crippen LogP contribution in [-0.4, -0.2) is 21.1 Å². The minimum atomic E-state index is -0.391. The number of imidazole rings is 1. The fraction of sp³-hybridized carbons (Fsp3) is 0.321. The van der Waals surface area contributed by atoms with Crippen molar-refractivity contribution >= 4 is 16.7 Å². The highest BCUT2D eigenvalue weighted by molar-refractivity contribution is 5.88. The number of fused-ring (bicyclic) bond motifs is 1. The van der Waals surface area contributed by atoms with Crippen molar-refractivity contribution < 1.29 is 14.1 Å². The van der Waals surface area contributed by atoms with Crippen LogP contribution in [0.5, 0.6) is 5.75 Å². The SMILES string of the molecule is O=[N+]([O-])c1cccc2nc(-c3ccc(F)cc3)n(Cc3ccc(OCCC4CCCCC4)cc3)c12. The van der Waals surface area contributed by atoms with Gasteiger partial charge in [-0.05, 0) is 60.4 Å². The number of non-ortho nitro benzene ring substituents is 1. The Morgan fingerprint density at radius 1 is 1.00 bits per heavy atom. The Morgan fingerprint density at radius 2 is 1.74 bits per heavy atom. The second-order valence-corrected chi connectivity index (χ2v) is 9.22. The lowest BCUT2D eigenvalue weighted by atomic mass is 9.87. The molecule has 1 aliphatic carbocycles. The number of para-hydroxylation sites is 1. The van der Waals surface area contributed by atoms with Gasteiger partial charge < -0.3 is 9.30 Å². The van der Waals surface area contributed by atoms with Gasteiger partial charge >= 0.3 is 0 Å². The zero-order chi connectivity index (χ0) is 24.2. The molecule has 1 saturated carbocycles. The van der Waals surface area contributed by atoms with E-state index < -0.39 is 4.92 Å². The van der Waals surface area contributed by atoms with Gasteiger partial charge in [-0.15, -0.1) is 0 Å². The molecule has 5 rings (SSSR count). The van der Waals surface area contributed by atoms with Crippen molar-refractivity contribution in [3.05, 3.63) is 88.2 Å². The lowest BCUT2D eigenvalue weighted by molar-refractivity contribution is -0.383. The third kappa shape index (κ3) is 5.19. The van der Waals surface area contributed by atoms with Crippen molar-refractivity contribution in [1.29, 1.82) is 0 Å². The Hall–Kier alpha value is -3.74. The number of ether oxygens (including phenoxy) is 1. The van der Waals surface area contributed by atoms with Gasteiger partial charge in [0.2, 0.25) is 0 Å². The predicted octanol–water partition coefficient (Wildman–Crippen LogP) is 7.15. The fourth-order valence-electron chi connectivity index (χ4n) is 4.98. The summed E-state index contributed by atoms with van der Waals surface area (Å²) in [5.74, 6) is 1.81. The summed E-state index contributed by atoms with van der Waals surface area (Å²) in [5, 5.41) is 11.8. The van der Waals surface area contributed by atoms with Crippen molar-refractivity contribution in [1.82, 2.24) is 9.55 Å². The normalized spacial score (nSPS) is 14.3. The van der Waals surface area contributed by atoms with Gasteiger partial charge in [0.15, 0.2) is 0 Å². The molecule has 0 atom stereocenters. The Kier molecular flexibility index (Phi) is 6.75. The summed E-state index contributed by atoms with van der Waals surface area (Å²) < 4.78 is 21.3. The molecule has 0 bridgehead atoms. The van der Waals surface area contributed by atoms with E-state index in [9.17, 15) is 14.5 Å². The third-order valence-corrected chi connectivity index (χ3v) is 6.83. The maximum Gasteiger partial charge on any atom is 0.295 e. The van der Waals surface area contributed by atoms with Crippen molar-refractivity contribution in [2.75, 3.05) is 6.61 Å². The number of rotatable bonds is 8. The molecule has 0 amide bonds. The van der Waals surface area contributed by atoms with Gasteiger partial charge in [-0.2, -0.15) is 0 Å². The fourth-order valence-corrected chi connectivity index (χ4v) is 4.98. The van der Waals surface area contributed by atoms with Crippen LogP contribution in [0.25, 0.3) is 22.4 Å². The first-order chi connectivity index (χ1) is 17.1. The van der Waals surface area contributed by atoms with Gasteiger partial charge in [-0.25, -0.2) is 9.37 Å². The first-order valence-electron chi connectivity index (χ1n) is 12.2. The van der Waals surface area contributed by atoms with E-state index in [1.54, 1.807) is 24.3 Å². The van der Waals surface area contributed by atoms with Gasteiger partial charge in [0.1, 0.15) is 22.9 Å². The van der Waals surface area contributed by atoms with Crippen molar-refractivity contribution in [2.45, 2.75) is 45.1 Å². The molecule has 1 aliphatic rings. The van der Waals surface area contributed by atoms with E-state index in [2.05, 4.69) is 4.98 Å². The molecular weight excluding hydrogens is 445 g/mol. The first kappa shape index (κ1) is 23.0. The van der Waals surface area contributed by atoms with Crippen LogP contribution in [-0.2, 0) is 6.54 Å². The molecule has 3 aromatic carbocycles. The largest absolute Gasteiger partial charge is 0.494 e. The smallest absolute Gasteiger partial charge is 0.295 e. The van der Waals surface area contributed by atoms with E-state index in [4.69, 9.17) is 4.74 Å². The molecule has 1 fully saturated rings. The van der Waals surface area contributed by atoms with E-state index >= 15 is 0 Å². The highest BCUT2D eigenvalue weighted by Crippen LogP contribution is 2.32. The lowest BCUT2D eigenvalue weighted by Crippen LogP contribution is -2.10. The monoisotopic (exact) mass is 473 g/mol. The molecule has 1 aromatic heterocycles. The summed E-state index contributed by atoms with van der Waals surface area (Å²) >= 11 is 0. The first-order valence-corrected chi connectivity index (χ1v) is 12.2. The number of halogens is 1. The highest BCUT2D eigenvalue weighted by atomic mass is 19.1. The average molecular weight is 474 g/mol. The zero-order valence-electron chi connectivity index (χ0n) is 19.5. The topological polar surface area (TPSA) is 70.2 Å². The van der Waals surface area contributed by atoms with Gasteiger partial charge in [0, 0.05) is 18.2 Å².